The van der Waals surface area contributed by atoms with E-state index >= 15 is 0 Å². The number of fused-ring (bicyclic) bond motifs is 7. The van der Waals surface area contributed by atoms with Gasteiger partial charge in [-0.15, -0.1) is 0 Å². The number of benzene rings is 5. The first-order valence-corrected chi connectivity index (χ1v) is 19.1. The Morgan fingerprint density at radius 1 is 0.397 bits per heavy atom. The largest absolute Gasteiger partial charge is 0.309 e. The lowest BCUT2D eigenvalue weighted by molar-refractivity contribution is 1.17. The zero-order valence-corrected chi connectivity index (χ0v) is 31.0. The van der Waals surface area contributed by atoms with Crippen molar-refractivity contribution in [3.63, 3.8) is 0 Å². The Hall–Kier alpha value is -8.21. The lowest BCUT2D eigenvalue weighted by Gasteiger charge is -2.26. The molecule has 0 atom stereocenters. The summed E-state index contributed by atoms with van der Waals surface area (Å²) < 4.78 is 4.79. The second kappa shape index (κ2) is 13.5. The minimum Gasteiger partial charge on any atom is -0.309 e. The van der Waals surface area contributed by atoms with Crippen LogP contribution in [-0.2, 0) is 0 Å². The maximum atomic E-state index is 11.4. The molecular weight excluding hydrogens is 711 g/mol. The van der Waals surface area contributed by atoms with Crippen molar-refractivity contribution in [2.45, 2.75) is 0 Å². The fourth-order valence-electron chi connectivity index (χ4n) is 8.85. The molecule has 0 fully saturated rings. The maximum absolute atomic E-state index is 11.4. The van der Waals surface area contributed by atoms with Gasteiger partial charge in [0, 0.05) is 121 Å². The van der Waals surface area contributed by atoms with Crippen LogP contribution in [0.2, 0.25) is 0 Å². The van der Waals surface area contributed by atoms with Crippen LogP contribution in [0, 0.1) is 11.3 Å². The predicted octanol–water partition coefficient (Wildman–Crippen LogP) is 12.0. The zero-order valence-electron chi connectivity index (χ0n) is 31.0. The summed E-state index contributed by atoms with van der Waals surface area (Å²) in [6.07, 6.45) is 14.5. The quantitative estimate of drug-likeness (QED) is 0.169. The van der Waals surface area contributed by atoms with Crippen molar-refractivity contribution in [1.29, 1.82) is 5.26 Å². The Morgan fingerprint density at radius 2 is 0.879 bits per heavy atom. The number of rotatable bonds is 6. The zero-order chi connectivity index (χ0) is 38.6. The highest BCUT2D eigenvalue weighted by molar-refractivity contribution is 6.27. The molecule has 0 saturated carbocycles. The molecular formula is C51H31N7. The third-order valence-corrected chi connectivity index (χ3v) is 11.1. The molecule has 0 N–H and O–H groups in total. The van der Waals surface area contributed by atoms with E-state index in [1.54, 1.807) is 24.8 Å². The first-order chi connectivity index (χ1) is 28.8. The number of pyridine rings is 4. The van der Waals surface area contributed by atoms with Crippen molar-refractivity contribution in [3.8, 4) is 62.0 Å². The van der Waals surface area contributed by atoms with E-state index in [4.69, 9.17) is 0 Å². The number of nitrogens with zero attached hydrogens (tertiary/aromatic N) is 7. The van der Waals surface area contributed by atoms with Gasteiger partial charge in [0.1, 0.15) is 6.07 Å². The Balaban J connectivity index is 1.44. The molecule has 0 radical (unpaired) electrons. The highest BCUT2D eigenvalue weighted by Crippen LogP contribution is 2.52. The molecule has 0 aliphatic heterocycles. The van der Waals surface area contributed by atoms with Crippen molar-refractivity contribution in [3.05, 3.63) is 195 Å². The third-order valence-electron chi connectivity index (χ3n) is 11.1. The molecule has 58 heavy (non-hydrogen) atoms. The van der Waals surface area contributed by atoms with Gasteiger partial charge in [-0.2, -0.15) is 5.26 Å². The van der Waals surface area contributed by atoms with Gasteiger partial charge in [0.25, 0.3) is 0 Å². The molecule has 0 unspecified atom stereocenters. The lowest BCUT2D eigenvalue weighted by atomic mass is 9.80. The molecule has 11 rings (SSSR count). The van der Waals surface area contributed by atoms with Crippen molar-refractivity contribution in [2.75, 3.05) is 0 Å². The molecule has 0 amide bonds. The SMILES string of the molecule is N#Cc1c(-c2cccnc2)c(-c2cccnc2)c(-n2c3ccccc3c3c2ccc2c4ccccc4n(-c4ccccc4)c23)c(-c2cccnc2)c1-c1cccnc1. The summed E-state index contributed by atoms with van der Waals surface area (Å²) in [6, 6.07) is 51.0. The van der Waals surface area contributed by atoms with E-state index in [-0.39, 0.29) is 0 Å². The Morgan fingerprint density at radius 3 is 1.40 bits per heavy atom. The molecule has 11 aromatic rings. The van der Waals surface area contributed by atoms with Crippen LogP contribution in [0.4, 0.5) is 0 Å². The van der Waals surface area contributed by atoms with Crippen molar-refractivity contribution in [1.82, 2.24) is 29.1 Å². The van der Waals surface area contributed by atoms with Crippen LogP contribution < -0.4 is 0 Å². The van der Waals surface area contributed by atoms with E-state index in [1.165, 1.54) is 10.8 Å². The van der Waals surface area contributed by atoms with E-state index in [1.807, 2.05) is 61.2 Å². The summed E-state index contributed by atoms with van der Waals surface area (Å²) in [5.41, 5.74) is 13.4. The third kappa shape index (κ3) is 4.99. The van der Waals surface area contributed by atoms with E-state index in [9.17, 15) is 5.26 Å². The summed E-state index contributed by atoms with van der Waals surface area (Å²) in [7, 11) is 0. The topological polar surface area (TPSA) is 85.2 Å². The molecule has 7 heteroatoms. The fraction of sp³-hybridized carbons (Fsp3) is 0. The average Bonchev–Trinajstić information content (AvgIpc) is 3.82. The first kappa shape index (κ1) is 33.2. The number of hydrogen-bond acceptors (Lipinski definition) is 5. The Bertz CT molecular complexity index is 3260. The van der Waals surface area contributed by atoms with Crippen LogP contribution in [0.1, 0.15) is 5.56 Å². The number of para-hydroxylation sites is 3. The van der Waals surface area contributed by atoms with Crippen molar-refractivity contribution in [2.24, 2.45) is 0 Å². The van der Waals surface area contributed by atoms with E-state index < -0.39 is 0 Å². The fourth-order valence-corrected chi connectivity index (χ4v) is 8.85. The highest BCUT2D eigenvalue weighted by atomic mass is 15.0. The lowest BCUT2D eigenvalue weighted by Crippen LogP contribution is -2.07. The van der Waals surface area contributed by atoms with Crippen LogP contribution in [0.25, 0.3) is 99.5 Å². The number of hydrogen-bond donors (Lipinski definition) is 0. The van der Waals surface area contributed by atoms with Crippen LogP contribution in [0.3, 0.4) is 0 Å². The van der Waals surface area contributed by atoms with Crippen LogP contribution >= 0.6 is 0 Å². The monoisotopic (exact) mass is 741 g/mol. The maximum Gasteiger partial charge on any atom is 0.100 e. The molecule has 7 nitrogen and oxygen atoms in total. The summed E-state index contributed by atoms with van der Waals surface area (Å²) >= 11 is 0. The van der Waals surface area contributed by atoms with Gasteiger partial charge in [0.05, 0.1) is 33.3 Å². The second-order valence-electron chi connectivity index (χ2n) is 14.2. The minimum absolute atomic E-state index is 0.509. The number of aromatic nitrogens is 6. The Labute approximate surface area is 333 Å². The van der Waals surface area contributed by atoms with Crippen LogP contribution in [0.15, 0.2) is 189 Å². The molecule has 6 heterocycles. The summed E-state index contributed by atoms with van der Waals surface area (Å²) in [5.74, 6) is 0. The van der Waals surface area contributed by atoms with Gasteiger partial charge in [0.2, 0.25) is 0 Å². The normalized spacial score (nSPS) is 11.4. The summed E-state index contributed by atoms with van der Waals surface area (Å²) in [4.78, 5) is 18.5. The highest BCUT2D eigenvalue weighted by Gasteiger charge is 2.31. The summed E-state index contributed by atoms with van der Waals surface area (Å²) in [5, 5.41) is 16.0. The molecule has 270 valence electrons. The van der Waals surface area contributed by atoms with E-state index in [2.05, 4.69) is 138 Å². The van der Waals surface area contributed by atoms with Gasteiger partial charge in [-0.3, -0.25) is 19.9 Å². The predicted molar refractivity (Wildman–Crippen MR) is 233 cm³/mol. The second-order valence-corrected chi connectivity index (χ2v) is 14.2. The Kier molecular flexibility index (Phi) is 7.73. The van der Waals surface area contributed by atoms with Gasteiger partial charge < -0.3 is 9.13 Å². The van der Waals surface area contributed by atoms with Gasteiger partial charge in [-0.25, -0.2) is 0 Å². The van der Waals surface area contributed by atoms with Gasteiger partial charge in [-0.05, 0) is 54.6 Å². The molecule has 0 aliphatic carbocycles. The van der Waals surface area contributed by atoms with Crippen LogP contribution in [0.5, 0.6) is 0 Å². The average molecular weight is 742 g/mol. The minimum atomic E-state index is 0.509. The van der Waals surface area contributed by atoms with Crippen LogP contribution in [-0.4, -0.2) is 29.1 Å². The summed E-state index contributed by atoms with van der Waals surface area (Å²) in [6.45, 7) is 0. The van der Waals surface area contributed by atoms with E-state index in [0.29, 0.717) is 5.56 Å². The first-order valence-electron chi connectivity index (χ1n) is 19.1. The van der Waals surface area contributed by atoms with Gasteiger partial charge in [0.15, 0.2) is 0 Å². The number of nitriles is 1. The standard InChI is InChI=1S/C51H31N7/c52-28-41-45(33-12-8-24-53-29-33)47(35-14-10-26-55-31-35)51(48(36-15-11-27-56-32-36)46(41)34-13-9-25-54-30-34)58-43-21-7-5-19-40(43)49-44(58)23-22-39-38-18-4-6-20-42(38)57(50(39)49)37-16-2-1-3-17-37/h1-27,29-32H. The molecule has 0 bridgehead atoms. The molecule has 0 saturated heterocycles. The van der Waals surface area contributed by atoms with Crippen molar-refractivity contribution < 1.29 is 0 Å². The molecule has 0 aliphatic rings. The van der Waals surface area contributed by atoms with Gasteiger partial charge in [-0.1, -0.05) is 84.9 Å². The smallest absolute Gasteiger partial charge is 0.100 e. The van der Waals surface area contributed by atoms with Crippen molar-refractivity contribution >= 4 is 43.6 Å². The molecule has 0 spiro atoms. The van der Waals surface area contributed by atoms with E-state index in [0.717, 1.165) is 88.7 Å². The van der Waals surface area contributed by atoms with Gasteiger partial charge >= 0.3 is 0 Å². The molecule has 5 aromatic carbocycles. The molecule has 6 aromatic heterocycles.